The highest BCUT2D eigenvalue weighted by atomic mass is 32.2. The topological polar surface area (TPSA) is 113 Å². The summed E-state index contributed by atoms with van der Waals surface area (Å²) in [6.45, 7) is -0.356. The zero-order chi connectivity index (χ0) is 19.3. The number of amides is 1. The highest BCUT2D eigenvalue weighted by Crippen LogP contribution is 2.27. The predicted octanol–water partition coefficient (Wildman–Crippen LogP) is 1.24. The number of carbonyl (C=O) groups is 2. The maximum absolute atomic E-state index is 13.9. The average molecular weight is 384 g/mol. The summed E-state index contributed by atoms with van der Waals surface area (Å²) in [4.78, 5) is 26.7. The van der Waals surface area contributed by atoms with Crippen LogP contribution in [0.2, 0.25) is 0 Å². The molecule has 1 unspecified atom stereocenters. The maximum Gasteiger partial charge on any atom is 0.266 e. The molecule has 26 heavy (non-hydrogen) atoms. The number of nitrogens with zero attached hydrogens (tertiary/aromatic N) is 1. The van der Waals surface area contributed by atoms with Crippen molar-refractivity contribution in [2.45, 2.75) is 18.3 Å². The van der Waals surface area contributed by atoms with E-state index in [1.54, 1.807) is 4.72 Å². The van der Waals surface area contributed by atoms with Crippen LogP contribution in [-0.4, -0.2) is 30.7 Å². The minimum absolute atomic E-state index is 0.116. The van der Waals surface area contributed by atoms with Gasteiger partial charge in [0.1, 0.15) is 23.2 Å². The zero-order valence-corrected chi connectivity index (χ0v) is 14.0. The van der Waals surface area contributed by atoms with Gasteiger partial charge in [0, 0.05) is 24.2 Å². The maximum atomic E-state index is 13.9. The Balaban J connectivity index is 2.31. The molecular weight excluding hydrogens is 370 g/mol. The lowest BCUT2D eigenvalue weighted by Gasteiger charge is -2.17. The Morgan fingerprint density at radius 2 is 2.00 bits per heavy atom. The Kier molecular flexibility index (Phi) is 6.11. The van der Waals surface area contributed by atoms with Gasteiger partial charge in [0.2, 0.25) is 10.0 Å². The molecule has 0 spiro atoms. The molecule has 138 valence electrons. The zero-order valence-electron chi connectivity index (χ0n) is 13.2. The van der Waals surface area contributed by atoms with E-state index in [0.717, 1.165) is 18.3 Å². The summed E-state index contributed by atoms with van der Waals surface area (Å²) in [5.74, 6) is -3.10. The SMILES string of the molecule is O=CCC(c1ccc(F)cc1F)S(=O)(=O)NC(=O)c1ccc(CO)nc1. The molecule has 1 aromatic heterocycles. The van der Waals surface area contributed by atoms with E-state index in [-0.39, 0.29) is 24.2 Å². The van der Waals surface area contributed by atoms with Gasteiger partial charge in [-0.2, -0.15) is 0 Å². The van der Waals surface area contributed by atoms with Crippen LogP contribution in [0.3, 0.4) is 0 Å². The van der Waals surface area contributed by atoms with Crippen LogP contribution < -0.4 is 4.72 Å². The van der Waals surface area contributed by atoms with Crippen molar-refractivity contribution in [1.82, 2.24) is 9.71 Å². The van der Waals surface area contributed by atoms with Gasteiger partial charge in [-0.05, 0) is 18.2 Å². The lowest BCUT2D eigenvalue weighted by molar-refractivity contribution is -0.107. The van der Waals surface area contributed by atoms with E-state index >= 15 is 0 Å². The quantitative estimate of drug-likeness (QED) is 0.695. The Bertz CT molecular complexity index is 917. The molecule has 10 heteroatoms. The molecule has 1 amide bonds. The molecule has 0 saturated heterocycles. The highest BCUT2D eigenvalue weighted by molar-refractivity contribution is 7.90. The molecule has 0 aliphatic carbocycles. The van der Waals surface area contributed by atoms with E-state index in [9.17, 15) is 26.8 Å². The third-order valence-electron chi connectivity index (χ3n) is 3.48. The predicted molar refractivity (Wildman–Crippen MR) is 86.3 cm³/mol. The highest BCUT2D eigenvalue weighted by Gasteiger charge is 2.31. The van der Waals surface area contributed by atoms with Gasteiger partial charge in [-0.15, -0.1) is 0 Å². The summed E-state index contributed by atoms with van der Waals surface area (Å²) >= 11 is 0. The molecular formula is C16H14F2N2O5S. The van der Waals surface area contributed by atoms with Crippen LogP contribution in [-0.2, 0) is 21.4 Å². The fraction of sp³-hybridized carbons (Fsp3) is 0.188. The molecule has 0 saturated carbocycles. The Labute approximate surface area is 147 Å². The van der Waals surface area contributed by atoms with Crippen molar-refractivity contribution in [1.29, 1.82) is 0 Å². The lowest BCUT2D eigenvalue weighted by atomic mass is 10.1. The van der Waals surface area contributed by atoms with Gasteiger partial charge in [0.05, 0.1) is 17.9 Å². The number of aromatic nitrogens is 1. The first kappa shape index (κ1) is 19.6. The van der Waals surface area contributed by atoms with Crippen LogP contribution in [0.15, 0.2) is 36.5 Å². The van der Waals surface area contributed by atoms with E-state index in [4.69, 9.17) is 5.11 Å². The standard InChI is InChI=1S/C16H14F2N2O5S/c17-11-2-4-13(14(18)7-11)15(5-6-21)26(24,25)20-16(23)10-1-3-12(9-22)19-8-10/h1-4,6-8,15,22H,5,9H2,(H,20,23). The number of pyridine rings is 1. The molecule has 0 fully saturated rings. The van der Waals surface area contributed by atoms with Gasteiger partial charge in [0.15, 0.2) is 0 Å². The normalized spacial score (nSPS) is 12.4. The van der Waals surface area contributed by atoms with Gasteiger partial charge in [-0.1, -0.05) is 6.07 Å². The first-order valence-corrected chi connectivity index (χ1v) is 8.83. The van der Waals surface area contributed by atoms with E-state index in [1.165, 1.54) is 12.1 Å². The molecule has 1 heterocycles. The van der Waals surface area contributed by atoms with Crippen LogP contribution in [0.25, 0.3) is 0 Å². The number of halogens is 2. The van der Waals surface area contributed by atoms with Crippen LogP contribution >= 0.6 is 0 Å². The number of sulfonamides is 1. The molecule has 1 atom stereocenters. The van der Waals surface area contributed by atoms with Gasteiger partial charge < -0.3 is 9.90 Å². The van der Waals surface area contributed by atoms with E-state index in [1.807, 2.05) is 0 Å². The number of hydrogen-bond donors (Lipinski definition) is 2. The summed E-state index contributed by atoms with van der Waals surface area (Å²) in [6.07, 6.45) is 0.686. The van der Waals surface area contributed by atoms with Crippen molar-refractivity contribution in [2.24, 2.45) is 0 Å². The number of aldehydes is 1. The summed E-state index contributed by atoms with van der Waals surface area (Å²) < 4.78 is 53.6. The summed E-state index contributed by atoms with van der Waals surface area (Å²) in [5, 5.41) is 7.19. The minimum Gasteiger partial charge on any atom is -0.390 e. The molecule has 7 nitrogen and oxygen atoms in total. The number of rotatable bonds is 7. The molecule has 1 aromatic carbocycles. The first-order valence-electron chi connectivity index (χ1n) is 7.29. The van der Waals surface area contributed by atoms with E-state index in [0.29, 0.717) is 6.07 Å². The van der Waals surface area contributed by atoms with Gasteiger partial charge in [-0.3, -0.25) is 9.78 Å². The number of hydrogen-bond acceptors (Lipinski definition) is 6. The fourth-order valence-electron chi connectivity index (χ4n) is 2.18. The van der Waals surface area contributed by atoms with Crippen molar-refractivity contribution in [3.63, 3.8) is 0 Å². The van der Waals surface area contributed by atoms with Crippen molar-refractivity contribution in [3.8, 4) is 0 Å². The van der Waals surface area contributed by atoms with E-state index in [2.05, 4.69) is 4.98 Å². The molecule has 0 aliphatic heterocycles. The van der Waals surface area contributed by atoms with Gasteiger partial charge in [-0.25, -0.2) is 21.9 Å². The second kappa shape index (κ2) is 8.11. The number of nitrogens with one attached hydrogen (secondary N) is 1. The Hall–Kier alpha value is -2.72. The Morgan fingerprint density at radius 3 is 2.54 bits per heavy atom. The third-order valence-corrected chi connectivity index (χ3v) is 5.14. The van der Waals surface area contributed by atoms with Crippen molar-refractivity contribution >= 4 is 22.2 Å². The number of carbonyl (C=O) groups excluding carboxylic acids is 2. The molecule has 2 rings (SSSR count). The monoisotopic (exact) mass is 384 g/mol. The van der Waals surface area contributed by atoms with Crippen LogP contribution in [0, 0.1) is 11.6 Å². The van der Waals surface area contributed by atoms with Gasteiger partial charge in [0.25, 0.3) is 5.91 Å². The second-order valence-corrected chi connectivity index (χ2v) is 7.09. The van der Waals surface area contributed by atoms with Crippen LogP contribution in [0.4, 0.5) is 8.78 Å². The molecule has 2 N–H and O–H groups in total. The van der Waals surface area contributed by atoms with Crippen molar-refractivity contribution in [2.75, 3.05) is 0 Å². The first-order chi connectivity index (χ1) is 12.3. The lowest BCUT2D eigenvalue weighted by Crippen LogP contribution is -2.35. The van der Waals surface area contributed by atoms with Crippen molar-refractivity contribution in [3.05, 3.63) is 65.0 Å². The van der Waals surface area contributed by atoms with Crippen LogP contribution in [0.5, 0.6) is 0 Å². The number of aliphatic hydroxyl groups excluding tert-OH is 1. The summed E-state index contributed by atoms with van der Waals surface area (Å²) in [6, 6.07) is 4.81. The fourth-order valence-corrected chi connectivity index (χ4v) is 3.56. The molecule has 0 radical (unpaired) electrons. The minimum atomic E-state index is -4.51. The summed E-state index contributed by atoms with van der Waals surface area (Å²) in [7, 11) is -4.51. The number of aliphatic hydroxyl groups is 1. The smallest absolute Gasteiger partial charge is 0.266 e. The van der Waals surface area contributed by atoms with Crippen LogP contribution in [0.1, 0.15) is 33.3 Å². The molecule has 0 aliphatic rings. The third kappa shape index (κ3) is 4.46. The Morgan fingerprint density at radius 1 is 1.27 bits per heavy atom. The number of benzene rings is 1. The molecule has 2 aromatic rings. The molecule has 0 bridgehead atoms. The summed E-state index contributed by atoms with van der Waals surface area (Å²) in [5.41, 5.74) is -0.278. The average Bonchev–Trinajstić information content (AvgIpc) is 2.60. The van der Waals surface area contributed by atoms with E-state index < -0.39 is 44.8 Å². The second-order valence-electron chi connectivity index (χ2n) is 5.23. The van der Waals surface area contributed by atoms with Gasteiger partial charge >= 0.3 is 0 Å². The largest absolute Gasteiger partial charge is 0.390 e. The van der Waals surface area contributed by atoms with Crippen molar-refractivity contribution < 1.29 is 31.9 Å².